The number of aliphatic hydroxyl groups is 1. The lowest BCUT2D eigenvalue weighted by Gasteiger charge is -2.24. The number of halogens is 1. The van der Waals surface area contributed by atoms with Crippen LogP contribution >= 0.6 is 15.9 Å². The summed E-state index contributed by atoms with van der Waals surface area (Å²) in [4.78, 5) is 0. The van der Waals surface area contributed by atoms with Gasteiger partial charge in [-0.2, -0.15) is 0 Å². The standard InChI is InChI=1S/C16H17BrO2/c1-16(18,13-6-8-14(17)9-7-13)11-12-4-3-5-15(10-12)19-2/h3-10,18H,11H2,1-2H3. The summed E-state index contributed by atoms with van der Waals surface area (Å²) in [6.45, 7) is 1.83. The van der Waals surface area contributed by atoms with Crippen molar-refractivity contribution in [2.45, 2.75) is 18.9 Å². The first-order chi connectivity index (χ1) is 9.01. The molecule has 100 valence electrons. The van der Waals surface area contributed by atoms with Gasteiger partial charge in [-0.3, -0.25) is 0 Å². The Labute approximate surface area is 122 Å². The molecule has 0 amide bonds. The van der Waals surface area contributed by atoms with E-state index in [2.05, 4.69) is 15.9 Å². The van der Waals surface area contributed by atoms with Crippen molar-refractivity contribution in [3.8, 4) is 5.75 Å². The monoisotopic (exact) mass is 320 g/mol. The summed E-state index contributed by atoms with van der Waals surface area (Å²) >= 11 is 3.40. The molecule has 0 bridgehead atoms. The minimum atomic E-state index is -0.896. The fourth-order valence-electron chi connectivity index (χ4n) is 2.09. The topological polar surface area (TPSA) is 29.5 Å². The Hall–Kier alpha value is -1.32. The molecule has 19 heavy (non-hydrogen) atoms. The van der Waals surface area contributed by atoms with Crippen LogP contribution in [0.4, 0.5) is 0 Å². The molecule has 0 aliphatic rings. The molecule has 2 aromatic carbocycles. The molecule has 2 aromatic rings. The van der Waals surface area contributed by atoms with Gasteiger partial charge in [-0.15, -0.1) is 0 Å². The Bertz CT molecular complexity index is 547. The third-order valence-corrected chi connectivity index (χ3v) is 3.68. The summed E-state index contributed by atoms with van der Waals surface area (Å²) in [6.07, 6.45) is 0.547. The van der Waals surface area contributed by atoms with Crippen LogP contribution in [0.15, 0.2) is 53.0 Å². The van der Waals surface area contributed by atoms with Crippen LogP contribution in [0.25, 0.3) is 0 Å². The molecule has 0 heterocycles. The van der Waals surface area contributed by atoms with E-state index in [0.717, 1.165) is 21.3 Å². The normalized spacial score (nSPS) is 13.9. The van der Waals surface area contributed by atoms with Gasteiger partial charge in [-0.05, 0) is 42.3 Å². The molecule has 1 N–H and O–H groups in total. The van der Waals surface area contributed by atoms with Crippen molar-refractivity contribution in [1.29, 1.82) is 0 Å². The Morgan fingerprint density at radius 3 is 2.47 bits per heavy atom. The van der Waals surface area contributed by atoms with E-state index in [4.69, 9.17) is 4.74 Å². The number of methoxy groups -OCH3 is 1. The van der Waals surface area contributed by atoms with E-state index in [9.17, 15) is 5.11 Å². The molecular weight excluding hydrogens is 304 g/mol. The first kappa shape index (κ1) is 14.1. The van der Waals surface area contributed by atoms with Crippen molar-refractivity contribution in [1.82, 2.24) is 0 Å². The third-order valence-electron chi connectivity index (χ3n) is 3.15. The summed E-state index contributed by atoms with van der Waals surface area (Å²) < 4.78 is 6.21. The quantitative estimate of drug-likeness (QED) is 0.925. The van der Waals surface area contributed by atoms with Crippen molar-refractivity contribution >= 4 is 15.9 Å². The zero-order valence-corrected chi connectivity index (χ0v) is 12.6. The van der Waals surface area contributed by atoms with Crippen LogP contribution in [0.1, 0.15) is 18.1 Å². The Morgan fingerprint density at radius 2 is 1.84 bits per heavy atom. The van der Waals surface area contributed by atoms with Crippen LogP contribution in [-0.4, -0.2) is 12.2 Å². The highest BCUT2D eigenvalue weighted by atomic mass is 79.9. The number of benzene rings is 2. The minimum Gasteiger partial charge on any atom is -0.497 e. The van der Waals surface area contributed by atoms with Gasteiger partial charge >= 0.3 is 0 Å². The van der Waals surface area contributed by atoms with Crippen LogP contribution in [0.3, 0.4) is 0 Å². The van der Waals surface area contributed by atoms with Gasteiger partial charge in [0.15, 0.2) is 0 Å². The lowest BCUT2D eigenvalue weighted by Crippen LogP contribution is -2.24. The molecule has 1 atom stereocenters. The average molecular weight is 321 g/mol. The third kappa shape index (κ3) is 3.58. The van der Waals surface area contributed by atoms with Crippen LogP contribution in [-0.2, 0) is 12.0 Å². The Morgan fingerprint density at radius 1 is 1.16 bits per heavy atom. The van der Waals surface area contributed by atoms with Gasteiger partial charge < -0.3 is 9.84 Å². The SMILES string of the molecule is COc1cccc(CC(C)(O)c2ccc(Br)cc2)c1. The fraction of sp³-hybridized carbons (Fsp3) is 0.250. The van der Waals surface area contributed by atoms with Gasteiger partial charge in [0.1, 0.15) is 5.75 Å². The summed E-state index contributed by atoms with van der Waals surface area (Å²) in [5, 5.41) is 10.6. The van der Waals surface area contributed by atoms with Gasteiger partial charge in [0.05, 0.1) is 12.7 Å². The van der Waals surface area contributed by atoms with Crippen LogP contribution in [0.2, 0.25) is 0 Å². The van der Waals surface area contributed by atoms with Crippen LogP contribution in [0.5, 0.6) is 5.75 Å². The van der Waals surface area contributed by atoms with Gasteiger partial charge in [0, 0.05) is 10.9 Å². The van der Waals surface area contributed by atoms with E-state index >= 15 is 0 Å². The highest BCUT2D eigenvalue weighted by Gasteiger charge is 2.23. The van der Waals surface area contributed by atoms with Gasteiger partial charge in [0.25, 0.3) is 0 Å². The lowest BCUT2D eigenvalue weighted by atomic mass is 9.89. The van der Waals surface area contributed by atoms with E-state index in [1.54, 1.807) is 7.11 Å². The highest BCUT2D eigenvalue weighted by Crippen LogP contribution is 2.27. The van der Waals surface area contributed by atoms with Crippen molar-refractivity contribution in [2.24, 2.45) is 0 Å². The number of rotatable bonds is 4. The van der Waals surface area contributed by atoms with Crippen LogP contribution < -0.4 is 4.74 Å². The second kappa shape index (κ2) is 5.76. The fourth-order valence-corrected chi connectivity index (χ4v) is 2.36. The maximum atomic E-state index is 10.6. The number of ether oxygens (including phenoxy) is 1. The maximum Gasteiger partial charge on any atom is 0.119 e. The van der Waals surface area contributed by atoms with Crippen molar-refractivity contribution < 1.29 is 9.84 Å². The highest BCUT2D eigenvalue weighted by molar-refractivity contribution is 9.10. The van der Waals surface area contributed by atoms with Crippen molar-refractivity contribution in [3.63, 3.8) is 0 Å². The summed E-state index contributed by atoms with van der Waals surface area (Å²) in [5.74, 6) is 0.809. The van der Waals surface area contributed by atoms with E-state index in [1.807, 2.05) is 55.5 Å². The molecule has 2 nitrogen and oxygen atoms in total. The van der Waals surface area contributed by atoms with Gasteiger partial charge in [-0.25, -0.2) is 0 Å². The molecule has 1 unspecified atom stereocenters. The van der Waals surface area contributed by atoms with Crippen LogP contribution in [0, 0.1) is 0 Å². The molecule has 2 rings (SSSR count). The van der Waals surface area contributed by atoms with Gasteiger partial charge in [-0.1, -0.05) is 40.2 Å². The molecule has 0 aromatic heterocycles. The zero-order valence-electron chi connectivity index (χ0n) is 11.1. The summed E-state index contributed by atoms with van der Waals surface area (Å²) in [6, 6.07) is 15.5. The Balaban J connectivity index is 2.22. The van der Waals surface area contributed by atoms with E-state index in [-0.39, 0.29) is 0 Å². The molecule has 0 saturated carbocycles. The predicted octanol–water partition coefficient (Wildman–Crippen LogP) is 3.91. The summed E-state index contributed by atoms with van der Waals surface area (Å²) in [7, 11) is 1.64. The molecule has 0 fully saturated rings. The second-order valence-electron chi connectivity index (χ2n) is 4.81. The molecule has 0 saturated heterocycles. The molecule has 0 aliphatic carbocycles. The molecule has 0 aliphatic heterocycles. The predicted molar refractivity (Wildman–Crippen MR) is 80.4 cm³/mol. The van der Waals surface area contributed by atoms with Gasteiger partial charge in [0.2, 0.25) is 0 Å². The Kier molecular flexibility index (Phi) is 4.27. The smallest absolute Gasteiger partial charge is 0.119 e. The molecule has 0 spiro atoms. The van der Waals surface area contributed by atoms with Crippen molar-refractivity contribution in [2.75, 3.05) is 7.11 Å². The molecule has 0 radical (unpaired) electrons. The van der Waals surface area contributed by atoms with E-state index < -0.39 is 5.60 Å². The van der Waals surface area contributed by atoms with E-state index in [0.29, 0.717) is 6.42 Å². The molecular formula is C16H17BrO2. The largest absolute Gasteiger partial charge is 0.497 e. The summed E-state index contributed by atoms with van der Waals surface area (Å²) in [5.41, 5.74) is 1.05. The second-order valence-corrected chi connectivity index (χ2v) is 5.72. The first-order valence-electron chi connectivity index (χ1n) is 6.12. The lowest BCUT2D eigenvalue weighted by molar-refractivity contribution is 0.0576. The maximum absolute atomic E-state index is 10.6. The number of hydrogen-bond acceptors (Lipinski definition) is 2. The van der Waals surface area contributed by atoms with E-state index in [1.165, 1.54) is 0 Å². The average Bonchev–Trinajstić information content (AvgIpc) is 2.39. The zero-order chi connectivity index (χ0) is 13.9. The minimum absolute atomic E-state index is 0.547. The molecule has 3 heteroatoms. The van der Waals surface area contributed by atoms with Crippen molar-refractivity contribution in [3.05, 3.63) is 64.1 Å². The number of hydrogen-bond donors (Lipinski definition) is 1. The first-order valence-corrected chi connectivity index (χ1v) is 6.92.